The molecule has 0 aliphatic carbocycles. The van der Waals surface area contributed by atoms with Gasteiger partial charge in [0.15, 0.2) is 5.82 Å². The van der Waals surface area contributed by atoms with E-state index >= 15 is 0 Å². The van der Waals surface area contributed by atoms with Crippen molar-refractivity contribution >= 4 is 11.6 Å². The summed E-state index contributed by atoms with van der Waals surface area (Å²) in [5.74, 6) is 1.40. The molecule has 0 saturated carbocycles. The smallest absolute Gasteiger partial charge is 0.164 e. The molecule has 18 heavy (non-hydrogen) atoms. The minimum atomic E-state index is -0.238. The fourth-order valence-corrected chi connectivity index (χ4v) is 2.07. The number of hydrogen-bond donors (Lipinski definition) is 0. The third-order valence-corrected chi connectivity index (χ3v) is 3.07. The molecule has 1 aromatic heterocycles. The second-order valence-electron chi connectivity index (χ2n) is 4.50. The molecule has 0 unspecified atom stereocenters. The molecule has 0 aliphatic heterocycles. The highest BCUT2D eigenvalue weighted by Crippen LogP contribution is 2.24. The van der Waals surface area contributed by atoms with Gasteiger partial charge in [-0.15, -0.1) is 21.8 Å². The lowest BCUT2D eigenvalue weighted by Crippen LogP contribution is -2.07. The monoisotopic (exact) mass is 267 g/mol. The minimum Gasteiger partial charge on any atom is -0.307 e. The van der Waals surface area contributed by atoms with Crippen molar-refractivity contribution in [2.45, 2.75) is 32.7 Å². The van der Waals surface area contributed by atoms with Crippen LogP contribution in [0.15, 0.2) is 18.2 Å². The largest absolute Gasteiger partial charge is 0.307 e. The van der Waals surface area contributed by atoms with E-state index in [4.69, 9.17) is 11.6 Å². The lowest BCUT2D eigenvalue weighted by Gasteiger charge is -2.13. The number of alkyl halides is 1. The van der Waals surface area contributed by atoms with Crippen LogP contribution >= 0.6 is 11.6 Å². The van der Waals surface area contributed by atoms with Crippen molar-refractivity contribution in [2.75, 3.05) is 0 Å². The van der Waals surface area contributed by atoms with Gasteiger partial charge in [-0.1, -0.05) is 12.1 Å². The van der Waals surface area contributed by atoms with Crippen LogP contribution in [0.4, 0.5) is 4.39 Å². The minimum absolute atomic E-state index is 0.174. The fraction of sp³-hybridized carbons (Fsp3) is 0.385. The van der Waals surface area contributed by atoms with E-state index in [1.54, 1.807) is 13.0 Å². The number of halogens is 2. The average molecular weight is 268 g/mol. The summed E-state index contributed by atoms with van der Waals surface area (Å²) in [4.78, 5) is 0. The third kappa shape index (κ3) is 2.25. The predicted octanol–water partition coefficient (Wildman–Crippen LogP) is 3.71. The lowest BCUT2D eigenvalue weighted by atomic mass is 10.1. The third-order valence-electron chi connectivity index (χ3n) is 2.83. The zero-order chi connectivity index (χ0) is 13.3. The normalized spacial score (nSPS) is 11.2. The van der Waals surface area contributed by atoms with Gasteiger partial charge in [0.25, 0.3) is 0 Å². The van der Waals surface area contributed by atoms with Gasteiger partial charge in [0, 0.05) is 11.6 Å². The number of rotatable bonds is 3. The Balaban J connectivity index is 2.56. The summed E-state index contributed by atoms with van der Waals surface area (Å²) in [6.45, 7) is 5.78. The Hall–Kier alpha value is -1.42. The van der Waals surface area contributed by atoms with Crippen LogP contribution in [0.25, 0.3) is 11.4 Å². The summed E-state index contributed by atoms with van der Waals surface area (Å²) >= 11 is 5.84. The SMILES string of the molecule is Cc1ccc(-c2nnc(CCl)n2C(C)C)cc1F. The Morgan fingerprint density at radius 2 is 2.06 bits per heavy atom. The van der Waals surface area contributed by atoms with E-state index in [-0.39, 0.29) is 11.9 Å². The van der Waals surface area contributed by atoms with Gasteiger partial charge < -0.3 is 4.57 Å². The molecule has 0 spiro atoms. The number of benzene rings is 1. The number of nitrogens with zero attached hydrogens (tertiary/aromatic N) is 3. The van der Waals surface area contributed by atoms with Crippen molar-refractivity contribution in [3.05, 3.63) is 35.4 Å². The zero-order valence-corrected chi connectivity index (χ0v) is 11.4. The van der Waals surface area contributed by atoms with E-state index < -0.39 is 0 Å². The first-order chi connectivity index (χ1) is 8.54. The van der Waals surface area contributed by atoms with Crippen LogP contribution in [0.5, 0.6) is 0 Å². The van der Waals surface area contributed by atoms with Crippen LogP contribution in [-0.2, 0) is 5.88 Å². The molecular formula is C13H15ClFN3. The topological polar surface area (TPSA) is 30.7 Å². The highest BCUT2D eigenvalue weighted by atomic mass is 35.5. The van der Waals surface area contributed by atoms with Crippen LogP contribution in [0.2, 0.25) is 0 Å². The summed E-state index contributed by atoms with van der Waals surface area (Å²) in [6.07, 6.45) is 0. The molecule has 1 aromatic carbocycles. The van der Waals surface area contributed by atoms with Gasteiger partial charge in [0.2, 0.25) is 0 Å². The van der Waals surface area contributed by atoms with Crippen LogP contribution in [0.1, 0.15) is 31.3 Å². The van der Waals surface area contributed by atoms with Crippen molar-refractivity contribution in [2.24, 2.45) is 0 Å². The molecule has 0 amide bonds. The molecule has 0 aliphatic rings. The van der Waals surface area contributed by atoms with Crippen LogP contribution in [0, 0.1) is 12.7 Å². The highest BCUT2D eigenvalue weighted by molar-refractivity contribution is 6.16. The van der Waals surface area contributed by atoms with Crippen molar-refractivity contribution in [3.63, 3.8) is 0 Å². The molecule has 0 radical (unpaired) electrons. The first-order valence-electron chi connectivity index (χ1n) is 5.81. The van der Waals surface area contributed by atoms with Gasteiger partial charge in [0.1, 0.15) is 11.6 Å². The standard InChI is InChI=1S/C13H15ClFN3/c1-8(2)18-12(7-14)16-17-13(18)10-5-4-9(3)11(15)6-10/h4-6,8H,7H2,1-3H3. The Labute approximate surface area is 111 Å². The van der Waals surface area contributed by atoms with E-state index in [1.165, 1.54) is 6.07 Å². The number of aromatic nitrogens is 3. The summed E-state index contributed by atoms with van der Waals surface area (Å²) in [5.41, 5.74) is 1.34. The maximum atomic E-state index is 13.6. The molecule has 2 aromatic rings. The van der Waals surface area contributed by atoms with E-state index in [9.17, 15) is 4.39 Å². The lowest BCUT2D eigenvalue weighted by molar-refractivity contribution is 0.583. The van der Waals surface area contributed by atoms with Gasteiger partial charge in [-0.3, -0.25) is 0 Å². The maximum Gasteiger partial charge on any atom is 0.164 e. The first kappa shape index (κ1) is 13.0. The Bertz CT molecular complexity index is 563. The Morgan fingerprint density at radius 1 is 1.33 bits per heavy atom. The van der Waals surface area contributed by atoms with E-state index in [2.05, 4.69) is 10.2 Å². The maximum absolute atomic E-state index is 13.6. The van der Waals surface area contributed by atoms with Gasteiger partial charge in [-0.25, -0.2) is 4.39 Å². The molecule has 1 heterocycles. The van der Waals surface area contributed by atoms with Gasteiger partial charge in [-0.2, -0.15) is 0 Å². The van der Waals surface area contributed by atoms with Gasteiger partial charge in [0.05, 0.1) is 5.88 Å². The first-order valence-corrected chi connectivity index (χ1v) is 6.34. The van der Waals surface area contributed by atoms with Gasteiger partial charge in [-0.05, 0) is 32.4 Å². The molecule has 96 valence electrons. The molecule has 0 N–H and O–H groups in total. The highest BCUT2D eigenvalue weighted by Gasteiger charge is 2.16. The summed E-state index contributed by atoms with van der Waals surface area (Å²) in [6, 6.07) is 5.24. The molecule has 0 fully saturated rings. The van der Waals surface area contributed by atoms with E-state index in [0.29, 0.717) is 23.1 Å². The molecular weight excluding hydrogens is 253 g/mol. The van der Waals surface area contributed by atoms with Crippen LogP contribution < -0.4 is 0 Å². The van der Waals surface area contributed by atoms with Crippen molar-refractivity contribution in [3.8, 4) is 11.4 Å². The Morgan fingerprint density at radius 3 is 2.61 bits per heavy atom. The molecule has 3 nitrogen and oxygen atoms in total. The molecule has 0 saturated heterocycles. The second-order valence-corrected chi connectivity index (χ2v) is 4.77. The fourth-order valence-electron chi connectivity index (χ4n) is 1.89. The average Bonchev–Trinajstić information content (AvgIpc) is 2.76. The summed E-state index contributed by atoms with van der Waals surface area (Å²) in [7, 11) is 0. The number of hydrogen-bond acceptors (Lipinski definition) is 2. The van der Waals surface area contributed by atoms with E-state index in [0.717, 1.165) is 5.56 Å². The van der Waals surface area contributed by atoms with Crippen molar-refractivity contribution in [1.82, 2.24) is 14.8 Å². The second kappa shape index (κ2) is 5.06. The summed E-state index contributed by atoms with van der Waals surface area (Å²) < 4.78 is 15.5. The molecule has 0 atom stereocenters. The molecule has 0 bridgehead atoms. The molecule has 5 heteroatoms. The Kier molecular flexibility index (Phi) is 3.66. The van der Waals surface area contributed by atoms with E-state index in [1.807, 2.05) is 24.5 Å². The van der Waals surface area contributed by atoms with Crippen molar-refractivity contribution in [1.29, 1.82) is 0 Å². The summed E-state index contributed by atoms with van der Waals surface area (Å²) in [5, 5.41) is 8.15. The zero-order valence-electron chi connectivity index (χ0n) is 10.6. The molecule has 2 rings (SSSR count). The van der Waals surface area contributed by atoms with Crippen molar-refractivity contribution < 1.29 is 4.39 Å². The van der Waals surface area contributed by atoms with Crippen LogP contribution in [-0.4, -0.2) is 14.8 Å². The van der Waals surface area contributed by atoms with Crippen LogP contribution in [0.3, 0.4) is 0 Å². The number of aryl methyl sites for hydroxylation is 1. The van der Waals surface area contributed by atoms with Gasteiger partial charge >= 0.3 is 0 Å². The predicted molar refractivity (Wildman–Crippen MR) is 70.1 cm³/mol. The quantitative estimate of drug-likeness (QED) is 0.794.